The van der Waals surface area contributed by atoms with Crippen LogP contribution in [-0.4, -0.2) is 94.5 Å². The molecule has 0 bridgehead atoms. The van der Waals surface area contributed by atoms with Crippen LogP contribution in [-0.2, 0) is 40.9 Å². The number of nitrogens with two attached hydrogens (primary N) is 1. The molecule has 2 aliphatic heterocycles. The van der Waals surface area contributed by atoms with Crippen LogP contribution in [0.5, 0.6) is 0 Å². The van der Waals surface area contributed by atoms with E-state index in [-0.39, 0.29) is 40.7 Å². The Bertz CT molecular complexity index is 2340. The van der Waals surface area contributed by atoms with Crippen molar-refractivity contribution in [1.29, 1.82) is 0 Å². The third-order valence-electron chi connectivity index (χ3n) is 9.53. The summed E-state index contributed by atoms with van der Waals surface area (Å²) in [5, 5.41) is 0. The SMILES string of the molecule is CCN1CCN(Cc2ccc(NS(=O)(=O)c3cccc(C#Cc4cnc(N)nc4-c4cc5c(n4C)CCN(C(=O)OC(C)(C)C)C5=O)c3)cc2C(F)(F)F)CC1. The van der Waals surface area contributed by atoms with E-state index >= 15 is 0 Å². The highest BCUT2D eigenvalue weighted by molar-refractivity contribution is 7.92. The van der Waals surface area contributed by atoms with Crippen molar-refractivity contribution in [1.82, 2.24) is 29.2 Å². The van der Waals surface area contributed by atoms with E-state index in [0.29, 0.717) is 47.7 Å². The zero-order chi connectivity index (χ0) is 40.6. The number of benzene rings is 2. The van der Waals surface area contributed by atoms with Gasteiger partial charge in [0, 0.05) is 75.9 Å². The van der Waals surface area contributed by atoms with Crippen LogP contribution in [0.4, 0.5) is 29.6 Å². The maximum Gasteiger partial charge on any atom is 0.417 e. The number of nitrogens with zero attached hydrogens (tertiary/aromatic N) is 6. The molecule has 0 spiro atoms. The standard InChI is InChI=1S/C39H43F3N8O5S/c1-6-48-16-18-49(19-17-48)24-27-12-13-28(21-31(27)39(40,41)42)46-56(53,54)29-9-7-8-25(20-29)10-11-26-23-44-36(43)45-34(26)33-22-30-32(47(33)5)14-15-50(35(30)51)37(52)55-38(2,3)4/h7-9,12-13,20-23,46H,6,14-19,24H2,1-5H3,(H2,43,44,45). The Balaban J connectivity index is 1.24. The van der Waals surface area contributed by atoms with E-state index in [1.807, 2.05) is 11.8 Å². The molecule has 4 heterocycles. The predicted molar refractivity (Wildman–Crippen MR) is 204 cm³/mol. The first-order valence-electron chi connectivity index (χ1n) is 18.0. The van der Waals surface area contributed by atoms with E-state index in [0.717, 1.165) is 30.6 Å². The summed E-state index contributed by atoms with van der Waals surface area (Å²) in [5.74, 6) is 5.31. The Morgan fingerprint density at radius 1 is 1.00 bits per heavy atom. The van der Waals surface area contributed by atoms with Gasteiger partial charge in [-0.3, -0.25) is 14.4 Å². The first-order valence-corrected chi connectivity index (χ1v) is 19.5. The van der Waals surface area contributed by atoms with Crippen LogP contribution in [0, 0.1) is 11.8 Å². The fourth-order valence-electron chi connectivity index (χ4n) is 6.64. The molecule has 0 aliphatic carbocycles. The highest BCUT2D eigenvalue weighted by atomic mass is 32.2. The molecule has 0 saturated carbocycles. The molecule has 17 heteroatoms. The number of amides is 2. The number of alkyl halides is 3. The summed E-state index contributed by atoms with van der Waals surface area (Å²) in [4.78, 5) is 39.7. The van der Waals surface area contributed by atoms with Gasteiger partial charge in [0.2, 0.25) is 5.95 Å². The van der Waals surface area contributed by atoms with Crippen molar-refractivity contribution in [2.24, 2.45) is 7.05 Å². The zero-order valence-electron chi connectivity index (χ0n) is 31.7. The van der Waals surface area contributed by atoms with Gasteiger partial charge in [0.05, 0.1) is 27.3 Å². The molecule has 13 nitrogen and oxygen atoms in total. The van der Waals surface area contributed by atoms with Gasteiger partial charge in [-0.15, -0.1) is 0 Å². The van der Waals surface area contributed by atoms with Crippen LogP contribution < -0.4 is 10.5 Å². The number of nitrogens with one attached hydrogen (secondary N) is 1. The van der Waals surface area contributed by atoms with Gasteiger partial charge in [0.1, 0.15) is 11.3 Å². The van der Waals surface area contributed by atoms with E-state index in [9.17, 15) is 31.2 Å². The van der Waals surface area contributed by atoms with E-state index in [4.69, 9.17) is 10.5 Å². The number of hydrogen-bond acceptors (Lipinski definition) is 10. The van der Waals surface area contributed by atoms with E-state index < -0.39 is 39.4 Å². The number of sulfonamides is 1. The third kappa shape index (κ3) is 8.99. The number of nitrogen functional groups attached to an aromatic ring is 1. The number of carbonyl (C=O) groups is 2. The van der Waals surface area contributed by atoms with Gasteiger partial charge >= 0.3 is 12.3 Å². The first-order chi connectivity index (χ1) is 26.3. The Labute approximate surface area is 323 Å². The minimum Gasteiger partial charge on any atom is -0.443 e. The number of likely N-dealkylation sites (N-methyl/N-ethyl adjacent to an activating group) is 1. The van der Waals surface area contributed by atoms with Gasteiger partial charge in [-0.25, -0.2) is 28.1 Å². The largest absolute Gasteiger partial charge is 0.443 e. The van der Waals surface area contributed by atoms with E-state index in [1.165, 1.54) is 36.5 Å². The van der Waals surface area contributed by atoms with Gasteiger partial charge in [-0.1, -0.05) is 30.9 Å². The summed E-state index contributed by atoms with van der Waals surface area (Å²) in [6.07, 6.45) is -3.67. The molecule has 1 saturated heterocycles. The number of ether oxygens (including phenoxy) is 1. The summed E-state index contributed by atoms with van der Waals surface area (Å²) in [6, 6.07) is 10.7. The van der Waals surface area contributed by atoms with Crippen LogP contribution in [0.3, 0.4) is 0 Å². The van der Waals surface area contributed by atoms with Gasteiger partial charge in [-0.05, 0) is 69.3 Å². The monoisotopic (exact) mass is 792 g/mol. The maximum absolute atomic E-state index is 14.2. The average molecular weight is 793 g/mol. The maximum atomic E-state index is 14.2. The highest BCUT2D eigenvalue weighted by Crippen LogP contribution is 2.35. The molecule has 2 aromatic heterocycles. The molecule has 0 atom stereocenters. The molecule has 56 heavy (non-hydrogen) atoms. The Morgan fingerprint density at radius 2 is 1.71 bits per heavy atom. The van der Waals surface area contributed by atoms with Crippen LogP contribution in [0.1, 0.15) is 66.0 Å². The minimum atomic E-state index is -4.70. The average Bonchev–Trinajstić information content (AvgIpc) is 3.47. The predicted octanol–water partition coefficient (Wildman–Crippen LogP) is 5.35. The van der Waals surface area contributed by atoms with E-state index in [1.54, 1.807) is 44.5 Å². The number of aromatic nitrogens is 3. The molecule has 296 valence electrons. The van der Waals surface area contributed by atoms with Crippen LogP contribution in [0.15, 0.2) is 59.6 Å². The molecule has 0 radical (unpaired) electrons. The second-order valence-electron chi connectivity index (χ2n) is 14.6. The van der Waals surface area contributed by atoms with Crippen molar-refractivity contribution in [2.45, 2.75) is 57.3 Å². The summed E-state index contributed by atoms with van der Waals surface area (Å²) >= 11 is 0. The first kappa shape index (κ1) is 40.2. The van der Waals surface area contributed by atoms with Gasteiger partial charge in [-0.2, -0.15) is 13.2 Å². The van der Waals surface area contributed by atoms with Crippen molar-refractivity contribution in [3.63, 3.8) is 0 Å². The molecule has 2 aliphatic rings. The molecule has 0 unspecified atom stereocenters. The fraction of sp³-hybridized carbons (Fsp3) is 0.385. The summed E-state index contributed by atoms with van der Waals surface area (Å²) in [7, 11) is -2.58. The van der Waals surface area contributed by atoms with Crippen LogP contribution in [0.25, 0.3) is 11.4 Å². The number of carbonyl (C=O) groups excluding carboxylic acids is 2. The van der Waals surface area contributed by atoms with Gasteiger partial charge in [0.25, 0.3) is 15.9 Å². The Hall–Kier alpha value is -5.44. The quantitative estimate of drug-likeness (QED) is 0.234. The number of anilines is 2. The number of imide groups is 1. The second-order valence-corrected chi connectivity index (χ2v) is 16.3. The van der Waals surface area contributed by atoms with Gasteiger partial charge < -0.3 is 19.9 Å². The van der Waals surface area contributed by atoms with Crippen LogP contribution in [0.2, 0.25) is 0 Å². The lowest BCUT2D eigenvalue weighted by molar-refractivity contribution is -0.138. The lowest BCUT2D eigenvalue weighted by Gasteiger charge is -2.34. The van der Waals surface area contributed by atoms with Crippen LogP contribution >= 0.6 is 0 Å². The molecular formula is C39H43F3N8O5S. The number of piperazine rings is 1. The Morgan fingerprint density at radius 3 is 2.39 bits per heavy atom. The normalized spacial score (nSPS) is 15.6. The van der Waals surface area contributed by atoms with Crippen molar-refractivity contribution in [2.75, 3.05) is 49.7 Å². The van der Waals surface area contributed by atoms with Crippen molar-refractivity contribution in [3.05, 3.63) is 88.2 Å². The van der Waals surface area contributed by atoms with E-state index in [2.05, 4.69) is 31.4 Å². The van der Waals surface area contributed by atoms with Gasteiger partial charge in [0.15, 0.2) is 0 Å². The smallest absolute Gasteiger partial charge is 0.417 e. The molecule has 2 aromatic carbocycles. The zero-order valence-corrected chi connectivity index (χ0v) is 32.5. The number of halogens is 3. The molecule has 3 N–H and O–H groups in total. The summed E-state index contributed by atoms with van der Waals surface area (Å²) in [5.41, 5.74) is 6.45. The highest BCUT2D eigenvalue weighted by Gasteiger charge is 2.36. The third-order valence-corrected chi connectivity index (χ3v) is 10.9. The lowest BCUT2D eigenvalue weighted by Crippen LogP contribution is -2.45. The van der Waals surface area contributed by atoms with Crippen molar-refractivity contribution in [3.8, 4) is 23.2 Å². The van der Waals surface area contributed by atoms with Crippen molar-refractivity contribution < 1.29 is 35.9 Å². The second kappa shape index (κ2) is 15.6. The number of fused-ring (bicyclic) bond motifs is 1. The topological polar surface area (TPSA) is 156 Å². The number of hydrogen-bond donors (Lipinski definition) is 2. The summed E-state index contributed by atoms with van der Waals surface area (Å²) in [6.45, 7) is 11.1. The number of rotatable bonds is 7. The molecule has 2 amide bonds. The molecule has 6 rings (SSSR count). The molecule has 1 fully saturated rings. The molecular weight excluding hydrogens is 750 g/mol. The lowest BCUT2D eigenvalue weighted by atomic mass is 10.1. The van der Waals surface area contributed by atoms with Crippen molar-refractivity contribution >= 4 is 33.7 Å². The molecule has 4 aromatic rings. The summed E-state index contributed by atoms with van der Waals surface area (Å²) < 4.78 is 79.1. The fourth-order valence-corrected chi connectivity index (χ4v) is 7.73. The Kier molecular flexibility index (Phi) is 11.2. The minimum absolute atomic E-state index is 0.0536.